The Bertz CT molecular complexity index is 474. The number of rotatable bonds is 8. The minimum absolute atomic E-state index is 0.451. The number of benzene rings is 1. The van der Waals surface area contributed by atoms with Crippen molar-refractivity contribution in [1.29, 1.82) is 5.26 Å². The van der Waals surface area contributed by atoms with Crippen molar-refractivity contribution in [3.8, 4) is 6.07 Å². The highest BCUT2D eigenvalue weighted by molar-refractivity contribution is 5.60. The summed E-state index contributed by atoms with van der Waals surface area (Å²) in [5.74, 6) is 0.640. The van der Waals surface area contributed by atoms with Gasteiger partial charge in [0.05, 0.1) is 11.3 Å². The first-order valence-electron chi connectivity index (χ1n) is 7.96. The molecule has 0 aliphatic rings. The highest BCUT2D eigenvalue weighted by Gasteiger charge is 2.13. The fourth-order valence-corrected chi connectivity index (χ4v) is 2.44. The lowest BCUT2D eigenvalue weighted by Gasteiger charge is -2.28. The number of hydrogen-bond donors (Lipinski definition) is 1. The number of nitrogens with zero attached hydrogens (tertiary/aromatic N) is 2. The quantitative estimate of drug-likeness (QED) is 0.787. The van der Waals surface area contributed by atoms with Gasteiger partial charge in [-0.25, -0.2) is 0 Å². The molecule has 0 heterocycles. The maximum Gasteiger partial charge on any atom is 0.101 e. The molecule has 116 valence electrons. The maximum atomic E-state index is 9.42. The van der Waals surface area contributed by atoms with Gasteiger partial charge in [0.25, 0.3) is 0 Å². The van der Waals surface area contributed by atoms with E-state index in [4.69, 9.17) is 0 Å². The molecule has 1 aromatic carbocycles. The van der Waals surface area contributed by atoms with Crippen LogP contribution in [0.4, 0.5) is 5.69 Å². The molecular formula is C18H29N3. The maximum absolute atomic E-state index is 9.42. The molecule has 0 spiro atoms. The van der Waals surface area contributed by atoms with Crippen molar-refractivity contribution in [2.24, 2.45) is 5.92 Å². The fourth-order valence-electron chi connectivity index (χ4n) is 2.44. The van der Waals surface area contributed by atoms with Crippen molar-refractivity contribution in [2.75, 3.05) is 18.5 Å². The molecule has 1 aromatic rings. The van der Waals surface area contributed by atoms with Gasteiger partial charge in [0.15, 0.2) is 0 Å². The van der Waals surface area contributed by atoms with Crippen molar-refractivity contribution in [2.45, 2.75) is 53.1 Å². The molecule has 0 radical (unpaired) electrons. The number of nitrogens with one attached hydrogen (secondary N) is 1. The molecule has 1 rings (SSSR count). The molecule has 1 atom stereocenters. The first-order valence-corrected chi connectivity index (χ1v) is 7.96. The third kappa shape index (κ3) is 5.40. The Balaban J connectivity index is 2.81. The lowest BCUT2D eigenvalue weighted by Crippen LogP contribution is -2.29. The highest BCUT2D eigenvalue weighted by Crippen LogP contribution is 2.23. The third-order valence-electron chi connectivity index (χ3n) is 3.81. The smallest absolute Gasteiger partial charge is 0.101 e. The highest BCUT2D eigenvalue weighted by atomic mass is 15.1. The standard InChI is InChI=1S/C18H29N3/c1-6-7-15(4)21(5)18-9-8-16(10-17(18)11-19)13-20-12-14(2)3/h8-10,14-15,20H,6-7,12-13H2,1-5H3. The zero-order chi connectivity index (χ0) is 15.8. The van der Waals surface area contributed by atoms with Crippen LogP contribution >= 0.6 is 0 Å². The number of nitriles is 1. The van der Waals surface area contributed by atoms with E-state index in [9.17, 15) is 5.26 Å². The lowest BCUT2D eigenvalue weighted by atomic mass is 10.1. The zero-order valence-electron chi connectivity index (χ0n) is 14.1. The summed E-state index contributed by atoms with van der Waals surface area (Å²) in [6.45, 7) is 10.6. The Labute approximate surface area is 130 Å². The summed E-state index contributed by atoms with van der Waals surface area (Å²) >= 11 is 0. The van der Waals surface area contributed by atoms with Crippen LogP contribution in [0.25, 0.3) is 0 Å². The van der Waals surface area contributed by atoms with E-state index in [0.717, 1.165) is 37.2 Å². The van der Waals surface area contributed by atoms with Crippen LogP contribution < -0.4 is 10.2 Å². The summed E-state index contributed by atoms with van der Waals surface area (Å²) in [4.78, 5) is 2.22. The average molecular weight is 287 g/mol. The van der Waals surface area contributed by atoms with Gasteiger partial charge in [0.2, 0.25) is 0 Å². The molecule has 21 heavy (non-hydrogen) atoms. The molecule has 1 N–H and O–H groups in total. The third-order valence-corrected chi connectivity index (χ3v) is 3.81. The van der Waals surface area contributed by atoms with Crippen LogP contribution in [0.15, 0.2) is 18.2 Å². The zero-order valence-corrected chi connectivity index (χ0v) is 14.1. The van der Waals surface area contributed by atoms with E-state index < -0.39 is 0 Å². The monoisotopic (exact) mass is 287 g/mol. The molecule has 0 aliphatic carbocycles. The van der Waals surface area contributed by atoms with E-state index in [1.807, 2.05) is 6.07 Å². The van der Waals surface area contributed by atoms with Crippen molar-refractivity contribution in [3.05, 3.63) is 29.3 Å². The van der Waals surface area contributed by atoms with E-state index in [1.54, 1.807) is 0 Å². The van der Waals surface area contributed by atoms with Crippen LogP contribution in [0, 0.1) is 17.2 Å². The predicted molar refractivity (Wildman–Crippen MR) is 90.5 cm³/mol. The van der Waals surface area contributed by atoms with Crippen LogP contribution in [0.2, 0.25) is 0 Å². The first kappa shape index (κ1) is 17.5. The Kier molecular flexibility index (Phi) is 7.25. The minimum atomic E-state index is 0.451. The van der Waals surface area contributed by atoms with Gasteiger partial charge in [-0.1, -0.05) is 33.3 Å². The van der Waals surface area contributed by atoms with Gasteiger partial charge in [-0.2, -0.15) is 5.26 Å². The predicted octanol–water partition coefficient (Wildman–Crippen LogP) is 3.93. The molecule has 0 saturated carbocycles. The van der Waals surface area contributed by atoms with Gasteiger partial charge < -0.3 is 10.2 Å². The van der Waals surface area contributed by atoms with E-state index in [2.05, 4.69) is 63.2 Å². The van der Waals surface area contributed by atoms with E-state index in [0.29, 0.717) is 12.0 Å². The molecule has 0 saturated heterocycles. The second-order valence-electron chi connectivity index (χ2n) is 6.24. The molecule has 0 amide bonds. The van der Waals surface area contributed by atoms with Crippen LogP contribution in [0.3, 0.4) is 0 Å². The summed E-state index contributed by atoms with van der Waals surface area (Å²) in [7, 11) is 2.08. The van der Waals surface area contributed by atoms with E-state index >= 15 is 0 Å². The Morgan fingerprint density at radius 3 is 2.57 bits per heavy atom. The second-order valence-corrected chi connectivity index (χ2v) is 6.24. The molecule has 0 fully saturated rings. The van der Waals surface area contributed by atoms with E-state index in [-0.39, 0.29) is 0 Å². The Morgan fingerprint density at radius 1 is 1.29 bits per heavy atom. The van der Waals surface area contributed by atoms with Crippen LogP contribution in [0.5, 0.6) is 0 Å². The van der Waals surface area contributed by atoms with Gasteiger partial charge in [0.1, 0.15) is 6.07 Å². The summed E-state index contributed by atoms with van der Waals surface area (Å²) in [5.41, 5.74) is 2.97. The molecule has 3 nitrogen and oxygen atoms in total. The van der Waals surface area contributed by atoms with Crippen molar-refractivity contribution in [1.82, 2.24) is 5.32 Å². The number of hydrogen-bond acceptors (Lipinski definition) is 3. The van der Waals surface area contributed by atoms with Gasteiger partial charge in [-0.15, -0.1) is 0 Å². The van der Waals surface area contributed by atoms with Gasteiger partial charge in [-0.05, 0) is 43.5 Å². The lowest BCUT2D eigenvalue weighted by molar-refractivity contribution is 0.552. The molecule has 0 aliphatic heterocycles. The van der Waals surface area contributed by atoms with Crippen LogP contribution in [0.1, 0.15) is 51.7 Å². The van der Waals surface area contributed by atoms with Crippen LogP contribution in [-0.4, -0.2) is 19.6 Å². The van der Waals surface area contributed by atoms with Gasteiger partial charge in [0, 0.05) is 19.6 Å². The topological polar surface area (TPSA) is 39.1 Å². The summed E-state index contributed by atoms with van der Waals surface area (Å²) in [6.07, 6.45) is 2.30. The molecule has 0 aromatic heterocycles. The Morgan fingerprint density at radius 2 is 2.00 bits per heavy atom. The van der Waals surface area contributed by atoms with E-state index in [1.165, 1.54) is 5.56 Å². The summed E-state index contributed by atoms with van der Waals surface area (Å²) in [5, 5.41) is 12.8. The largest absolute Gasteiger partial charge is 0.371 e. The van der Waals surface area contributed by atoms with Gasteiger partial charge >= 0.3 is 0 Å². The van der Waals surface area contributed by atoms with Crippen LogP contribution in [-0.2, 0) is 6.54 Å². The molecular weight excluding hydrogens is 258 g/mol. The first-order chi connectivity index (χ1) is 9.99. The summed E-state index contributed by atoms with van der Waals surface area (Å²) < 4.78 is 0. The van der Waals surface area contributed by atoms with Gasteiger partial charge in [-0.3, -0.25) is 0 Å². The Hall–Kier alpha value is -1.53. The summed E-state index contributed by atoms with van der Waals surface area (Å²) in [6, 6.07) is 9.01. The molecule has 3 heteroatoms. The number of anilines is 1. The normalized spacial score (nSPS) is 12.2. The van der Waals surface area contributed by atoms with Crippen molar-refractivity contribution in [3.63, 3.8) is 0 Å². The molecule has 1 unspecified atom stereocenters. The van der Waals surface area contributed by atoms with Crippen molar-refractivity contribution >= 4 is 5.69 Å². The average Bonchev–Trinajstić information content (AvgIpc) is 2.46. The minimum Gasteiger partial charge on any atom is -0.371 e. The second kappa shape index (κ2) is 8.69. The fraction of sp³-hybridized carbons (Fsp3) is 0.611. The SMILES string of the molecule is CCCC(C)N(C)c1ccc(CNCC(C)C)cc1C#N. The molecule has 0 bridgehead atoms. The van der Waals surface area contributed by atoms with Crippen molar-refractivity contribution < 1.29 is 0 Å².